The van der Waals surface area contributed by atoms with Gasteiger partial charge in [0.2, 0.25) is 5.12 Å². The fraction of sp³-hybridized carbons (Fsp3) is 0.375. The van der Waals surface area contributed by atoms with Crippen LogP contribution in [0, 0.1) is 0 Å². The zero-order valence-electron chi connectivity index (χ0n) is 18.1. The highest BCUT2D eigenvalue weighted by Crippen LogP contribution is 2.44. The number of rotatable bonds is 9. The molecule has 3 rings (SSSR count). The minimum absolute atomic E-state index is 0.0712. The minimum Gasteiger partial charge on any atom is -0.466 e. The zero-order chi connectivity index (χ0) is 23.1. The smallest absolute Gasteiger partial charge is 0.407 e. The summed E-state index contributed by atoms with van der Waals surface area (Å²) in [7, 11) is 0. The van der Waals surface area contributed by atoms with Gasteiger partial charge in [-0.25, -0.2) is 4.79 Å². The van der Waals surface area contributed by atoms with Crippen molar-refractivity contribution in [1.29, 1.82) is 0 Å². The molecule has 32 heavy (non-hydrogen) atoms. The topological polar surface area (TPSA) is 102 Å². The Bertz CT molecular complexity index is 931. The van der Waals surface area contributed by atoms with Gasteiger partial charge in [-0.15, -0.1) is 0 Å². The summed E-state index contributed by atoms with van der Waals surface area (Å²) in [6.07, 6.45) is -1.82. The number of nitrogens with one attached hydrogen (secondary N) is 1. The largest absolute Gasteiger partial charge is 0.466 e. The molecule has 2 aromatic carbocycles. The van der Waals surface area contributed by atoms with Gasteiger partial charge in [0.15, 0.2) is 0 Å². The van der Waals surface area contributed by atoms with E-state index in [9.17, 15) is 19.5 Å². The predicted molar refractivity (Wildman–Crippen MR) is 122 cm³/mol. The summed E-state index contributed by atoms with van der Waals surface area (Å²) in [4.78, 5) is 36.3. The highest BCUT2D eigenvalue weighted by atomic mass is 32.2. The fourth-order valence-corrected chi connectivity index (χ4v) is 4.61. The van der Waals surface area contributed by atoms with Crippen LogP contribution in [0.1, 0.15) is 37.3 Å². The molecule has 2 atom stereocenters. The van der Waals surface area contributed by atoms with Gasteiger partial charge in [0, 0.05) is 11.7 Å². The highest BCUT2D eigenvalue weighted by Gasteiger charge is 2.30. The van der Waals surface area contributed by atoms with Crippen LogP contribution in [0.2, 0.25) is 0 Å². The molecular formula is C24H27NO6S. The molecule has 1 aliphatic carbocycles. The lowest BCUT2D eigenvalue weighted by molar-refractivity contribution is -0.142. The van der Waals surface area contributed by atoms with Gasteiger partial charge < -0.3 is 19.9 Å². The number of amides is 1. The third kappa shape index (κ3) is 5.69. The summed E-state index contributed by atoms with van der Waals surface area (Å²) in [6, 6.07) is 14.8. The first kappa shape index (κ1) is 23.8. The van der Waals surface area contributed by atoms with E-state index in [2.05, 4.69) is 5.32 Å². The average molecular weight is 458 g/mol. The molecule has 2 N–H and O–H groups in total. The fourth-order valence-electron chi connectivity index (χ4n) is 3.70. The van der Waals surface area contributed by atoms with E-state index in [-0.39, 0.29) is 31.3 Å². The molecule has 0 bridgehead atoms. The van der Waals surface area contributed by atoms with Gasteiger partial charge in [0.25, 0.3) is 0 Å². The molecule has 0 fully saturated rings. The van der Waals surface area contributed by atoms with Gasteiger partial charge in [-0.3, -0.25) is 9.59 Å². The Morgan fingerprint density at radius 2 is 1.62 bits per heavy atom. The monoisotopic (exact) mass is 457 g/mol. The number of ether oxygens (including phenoxy) is 2. The van der Waals surface area contributed by atoms with Crippen LogP contribution in [0.3, 0.4) is 0 Å². The maximum Gasteiger partial charge on any atom is 0.407 e. The normalized spacial score (nSPS) is 14.1. The number of aliphatic hydroxyl groups excluding tert-OH is 1. The van der Waals surface area contributed by atoms with Gasteiger partial charge in [0.05, 0.1) is 19.1 Å². The quantitative estimate of drug-likeness (QED) is 0.556. The average Bonchev–Trinajstić information content (AvgIpc) is 3.09. The molecule has 0 spiro atoms. The number of carbonyl (C=O) groups excluding carboxylic acids is 3. The van der Waals surface area contributed by atoms with Crippen LogP contribution in [0.5, 0.6) is 0 Å². The molecule has 0 saturated heterocycles. The third-order valence-electron chi connectivity index (χ3n) is 5.21. The van der Waals surface area contributed by atoms with Crippen molar-refractivity contribution in [3.8, 4) is 11.1 Å². The summed E-state index contributed by atoms with van der Waals surface area (Å²) in [5.74, 6) is -0.300. The van der Waals surface area contributed by atoms with Crippen molar-refractivity contribution in [2.45, 2.75) is 38.3 Å². The number of esters is 1. The van der Waals surface area contributed by atoms with Crippen LogP contribution in [-0.2, 0) is 19.1 Å². The van der Waals surface area contributed by atoms with Crippen molar-refractivity contribution >= 4 is 28.9 Å². The Hall–Kier alpha value is -2.84. The minimum atomic E-state index is -1.14. The Morgan fingerprint density at radius 1 is 1.03 bits per heavy atom. The van der Waals surface area contributed by atoms with E-state index in [1.165, 1.54) is 6.92 Å². The van der Waals surface area contributed by atoms with E-state index in [1.54, 1.807) is 6.92 Å². The number of hydrogen-bond donors (Lipinski definition) is 2. The summed E-state index contributed by atoms with van der Waals surface area (Å²) in [5, 5.41) is 12.0. The zero-order valence-corrected chi connectivity index (χ0v) is 18.9. The first-order chi connectivity index (χ1) is 15.4. The Labute approximate surface area is 191 Å². The standard InChI is InChI=1S/C24H27NO6S/c1-3-30-21(27)12-13-32-23(28)22(15(2)26)25-24(29)31-14-20-18-10-6-4-8-16(18)17-9-5-7-11-19(17)20/h4-11,15,20,22,26H,3,12-14H2,1-2H3,(H,25,29)/t15-,22+/m1/s1. The van der Waals surface area contributed by atoms with Crippen molar-refractivity contribution in [1.82, 2.24) is 5.32 Å². The molecule has 1 amide bonds. The molecule has 0 saturated carbocycles. The number of benzene rings is 2. The van der Waals surface area contributed by atoms with Gasteiger partial charge in [-0.2, -0.15) is 0 Å². The Kier molecular flexibility index (Phi) is 8.30. The van der Waals surface area contributed by atoms with Gasteiger partial charge in [-0.1, -0.05) is 60.3 Å². The first-order valence-electron chi connectivity index (χ1n) is 10.5. The van der Waals surface area contributed by atoms with Crippen molar-refractivity contribution in [3.05, 3.63) is 59.7 Å². The van der Waals surface area contributed by atoms with Crippen LogP contribution in [0.25, 0.3) is 11.1 Å². The second kappa shape index (κ2) is 11.2. The summed E-state index contributed by atoms with van der Waals surface area (Å²) in [5.41, 5.74) is 4.40. The van der Waals surface area contributed by atoms with E-state index in [4.69, 9.17) is 9.47 Å². The van der Waals surface area contributed by atoms with Crippen molar-refractivity contribution in [2.75, 3.05) is 19.0 Å². The van der Waals surface area contributed by atoms with E-state index in [0.29, 0.717) is 0 Å². The SMILES string of the molecule is CCOC(=O)CCSC(=O)[C@@H](NC(=O)OCC1c2ccccc2-c2ccccc21)[C@@H](C)O. The first-order valence-corrected chi connectivity index (χ1v) is 11.5. The van der Waals surface area contributed by atoms with E-state index in [0.717, 1.165) is 34.0 Å². The molecule has 170 valence electrons. The van der Waals surface area contributed by atoms with Crippen molar-refractivity contribution < 1.29 is 29.0 Å². The molecule has 0 aromatic heterocycles. The van der Waals surface area contributed by atoms with Crippen LogP contribution in [0.4, 0.5) is 4.79 Å². The molecule has 0 aliphatic heterocycles. The van der Waals surface area contributed by atoms with Crippen molar-refractivity contribution in [2.24, 2.45) is 0 Å². The summed E-state index contributed by atoms with van der Waals surface area (Å²) in [6.45, 7) is 3.50. The number of thioether (sulfide) groups is 1. The predicted octanol–water partition coefficient (Wildman–Crippen LogP) is 3.49. The number of alkyl carbamates (subject to hydrolysis) is 1. The molecule has 8 heteroatoms. The summed E-state index contributed by atoms with van der Waals surface area (Å²) < 4.78 is 10.3. The van der Waals surface area contributed by atoms with E-state index in [1.807, 2.05) is 48.5 Å². The summed E-state index contributed by atoms with van der Waals surface area (Å²) >= 11 is 0.864. The Balaban J connectivity index is 1.57. The second-order valence-electron chi connectivity index (χ2n) is 7.41. The lowest BCUT2D eigenvalue weighted by Gasteiger charge is -2.20. The van der Waals surface area contributed by atoms with Gasteiger partial charge in [0.1, 0.15) is 12.6 Å². The van der Waals surface area contributed by atoms with Gasteiger partial charge >= 0.3 is 12.1 Å². The third-order valence-corrected chi connectivity index (χ3v) is 6.16. The molecule has 7 nitrogen and oxygen atoms in total. The number of carbonyl (C=O) groups is 3. The highest BCUT2D eigenvalue weighted by molar-refractivity contribution is 8.13. The number of hydrogen-bond acceptors (Lipinski definition) is 7. The van der Waals surface area contributed by atoms with Crippen LogP contribution in [0.15, 0.2) is 48.5 Å². The maximum absolute atomic E-state index is 12.4. The Morgan fingerprint density at radius 3 is 2.19 bits per heavy atom. The van der Waals surface area contributed by atoms with E-state index < -0.39 is 29.3 Å². The number of aliphatic hydroxyl groups is 1. The van der Waals surface area contributed by atoms with Crippen LogP contribution in [-0.4, -0.2) is 53.4 Å². The molecule has 0 radical (unpaired) electrons. The lowest BCUT2D eigenvalue weighted by atomic mass is 9.98. The molecule has 0 unspecified atom stereocenters. The molecule has 1 aliphatic rings. The molecule has 0 heterocycles. The molecule has 2 aromatic rings. The second-order valence-corrected chi connectivity index (χ2v) is 8.51. The lowest BCUT2D eigenvalue weighted by Crippen LogP contribution is -2.47. The molecular weight excluding hydrogens is 430 g/mol. The van der Waals surface area contributed by atoms with Gasteiger partial charge in [-0.05, 0) is 36.1 Å². The maximum atomic E-state index is 12.4. The van der Waals surface area contributed by atoms with Crippen LogP contribution >= 0.6 is 11.8 Å². The van der Waals surface area contributed by atoms with E-state index >= 15 is 0 Å². The van der Waals surface area contributed by atoms with Crippen LogP contribution < -0.4 is 5.32 Å². The van der Waals surface area contributed by atoms with Crippen molar-refractivity contribution in [3.63, 3.8) is 0 Å². The number of fused-ring (bicyclic) bond motifs is 3.